The lowest BCUT2D eigenvalue weighted by molar-refractivity contribution is 0.101. The number of carbonyl (C=O) groups is 1. The number of benzene rings is 2. The van der Waals surface area contributed by atoms with Crippen LogP contribution in [-0.4, -0.2) is 12.4 Å². The smallest absolute Gasteiger partial charge is 0.160 e. The number of ether oxygens (including phenoxy) is 1. The van der Waals surface area contributed by atoms with E-state index in [0.29, 0.717) is 6.61 Å². The van der Waals surface area contributed by atoms with Gasteiger partial charge in [0.2, 0.25) is 0 Å². The van der Waals surface area contributed by atoms with E-state index in [9.17, 15) is 4.79 Å². The molecule has 0 spiro atoms. The van der Waals surface area contributed by atoms with Gasteiger partial charge in [-0.2, -0.15) is 0 Å². The Morgan fingerprint density at radius 2 is 1.68 bits per heavy atom. The topological polar surface area (TPSA) is 26.3 Å². The first-order valence-electron chi connectivity index (χ1n) is 6.46. The molecule has 0 bridgehead atoms. The highest BCUT2D eigenvalue weighted by Gasteiger charge is 2.05. The fourth-order valence-corrected chi connectivity index (χ4v) is 2.15. The predicted octanol–water partition coefficient (Wildman–Crippen LogP) is 4.26. The second-order valence-electron chi connectivity index (χ2n) is 4.54. The number of ketones is 1. The summed E-state index contributed by atoms with van der Waals surface area (Å²) in [6.07, 6.45) is 0. The molecule has 2 heteroatoms. The average Bonchev–Trinajstić information content (AvgIpc) is 2.39. The van der Waals surface area contributed by atoms with Gasteiger partial charge in [-0.05, 0) is 49.6 Å². The number of hydrogen-bond acceptors (Lipinski definition) is 2. The van der Waals surface area contributed by atoms with Crippen molar-refractivity contribution in [1.82, 2.24) is 0 Å². The largest absolute Gasteiger partial charge is 0.494 e. The van der Waals surface area contributed by atoms with Gasteiger partial charge in [0.1, 0.15) is 5.75 Å². The Kier molecular flexibility index (Phi) is 4.00. The van der Waals surface area contributed by atoms with E-state index in [-0.39, 0.29) is 5.78 Å². The first-order chi connectivity index (χ1) is 9.11. The number of Topliss-reactive ketones (excluding diaryl/α,β-unsaturated/α-hetero) is 1. The fraction of sp³-hybridized carbons (Fsp3) is 0.235. The highest BCUT2D eigenvalue weighted by Crippen LogP contribution is 2.24. The van der Waals surface area contributed by atoms with Gasteiger partial charge in [0.15, 0.2) is 5.78 Å². The molecule has 0 saturated carbocycles. The van der Waals surface area contributed by atoms with E-state index in [4.69, 9.17) is 4.74 Å². The van der Waals surface area contributed by atoms with Crippen molar-refractivity contribution in [3.63, 3.8) is 0 Å². The number of carbonyl (C=O) groups excluding carboxylic acids is 1. The summed E-state index contributed by atoms with van der Waals surface area (Å²) in [5.74, 6) is 0.985. The van der Waals surface area contributed by atoms with Gasteiger partial charge in [0.25, 0.3) is 0 Å². The summed E-state index contributed by atoms with van der Waals surface area (Å²) >= 11 is 0. The van der Waals surface area contributed by atoms with Crippen LogP contribution < -0.4 is 4.74 Å². The van der Waals surface area contributed by atoms with E-state index >= 15 is 0 Å². The Morgan fingerprint density at radius 3 is 2.21 bits per heavy atom. The molecule has 2 nitrogen and oxygen atoms in total. The van der Waals surface area contributed by atoms with Gasteiger partial charge in [-0.25, -0.2) is 0 Å². The van der Waals surface area contributed by atoms with Crippen molar-refractivity contribution in [3.05, 3.63) is 53.6 Å². The Bertz CT molecular complexity index is 583. The van der Waals surface area contributed by atoms with Crippen LogP contribution in [-0.2, 0) is 0 Å². The zero-order valence-electron chi connectivity index (χ0n) is 11.6. The highest BCUT2D eigenvalue weighted by molar-refractivity contribution is 5.96. The van der Waals surface area contributed by atoms with Crippen LogP contribution in [0.4, 0.5) is 0 Å². The van der Waals surface area contributed by atoms with Crippen LogP contribution in [0.2, 0.25) is 0 Å². The number of hydrogen-bond donors (Lipinski definition) is 0. The van der Waals surface area contributed by atoms with Gasteiger partial charge in [0, 0.05) is 5.56 Å². The van der Waals surface area contributed by atoms with Crippen molar-refractivity contribution >= 4 is 5.78 Å². The summed E-state index contributed by atoms with van der Waals surface area (Å²) < 4.78 is 5.43. The van der Waals surface area contributed by atoms with Crippen molar-refractivity contribution in [2.75, 3.05) is 6.61 Å². The zero-order chi connectivity index (χ0) is 13.8. The second kappa shape index (κ2) is 5.70. The maximum absolute atomic E-state index is 11.4. The Hall–Kier alpha value is -2.09. The van der Waals surface area contributed by atoms with Crippen LogP contribution in [0, 0.1) is 6.92 Å². The minimum Gasteiger partial charge on any atom is -0.494 e. The third-order valence-electron chi connectivity index (χ3n) is 3.10. The first kappa shape index (κ1) is 13.3. The lowest BCUT2D eigenvalue weighted by atomic mass is 9.98. The van der Waals surface area contributed by atoms with Gasteiger partial charge in [-0.3, -0.25) is 4.79 Å². The third-order valence-corrected chi connectivity index (χ3v) is 3.10. The molecular formula is C17H18O2. The molecule has 0 aliphatic carbocycles. The van der Waals surface area contributed by atoms with Crippen molar-refractivity contribution in [3.8, 4) is 16.9 Å². The highest BCUT2D eigenvalue weighted by atomic mass is 16.5. The number of aryl methyl sites for hydroxylation is 1. The van der Waals surface area contributed by atoms with Crippen LogP contribution in [0.3, 0.4) is 0 Å². The van der Waals surface area contributed by atoms with Crippen molar-refractivity contribution < 1.29 is 9.53 Å². The molecule has 2 aromatic carbocycles. The lowest BCUT2D eigenvalue weighted by Crippen LogP contribution is -1.96. The molecule has 0 amide bonds. The van der Waals surface area contributed by atoms with Crippen LogP contribution in [0.1, 0.15) is 29.8 Å². The summed E-state index contributed by atoms with van der Waals surface area (Å²) in [5.41, 5.74) is 4.04. The second-order valence-corrected chi connectivity index (χ2v) is 4.54. The van der Waals surface area contributed by atoms with Crippen molar-refractivity contribution in [2.45, 2.75) is 20.8 Å². The monoisotopic (exact) mass is 254 g/mol. The maximum Gasteiger partial charge on any atom is 0.160 e. The van der Waals surface area contributed by atoms with E-state index < -0.39 is 0 Å². The summed E-state index contributed by atoms with van der Waals surface area (Å²) in [4.78, 5) is 11.4. The normalized spacial score (nSPS) is 10.3. The van der Waals surface area contributed by atoms with E-state index in [2.05, 4.69) is 0 Å². The molecule has 0 aliphatic heterocycles. The molecular weight excluding hydrogens is 236 g/mol. The zero-order valence-corrected chi connectivity index (χ0v) is 11.6. The molecule has 0 fully saturated rings. The number of rotatable bonds is 4. The van der Waals surface area contributed by atoms with Crippen LogP contribution in [0.15, 0.2) is 42.5 Å². The predicted molar refractivity (Wildman–Crippen MR) is 77.8 cm³/mol. The first-order valence-corrected chi connectivity index (χ1v) is 6.46. The summed E-state index contributed by atoms with van der Waals surface area (Å²) in [7, 11) is 0. The fourth-order valence-electron chi connectivity index (χ4n) is 2.15. The molecule has 0 radical (unpaired) electrons. The third kappa shape index (κ3) is 3.02. The van der Waals surface area contributed by atoms with Gasteiger partial charge in [-0.1, -0.05) is 30.3 Å². The van der Waals surface area contributed by atoms with Crippen LogP contribution >= 0.6 is 0 Å². The summed E-state index contributed by atoms with van der Waals surface area (Å²) in [6, 6.07) is 13.9. The van der Waals surface area contributed by atoms with E-state index in [1.54, 1.807) is 6.92 Å². The lowest BCUT2D eigenvalue weighted by Gasteiger charge is -2.08. The molecule has 2 aromatic rings. The minimum absolute atomic E-state index is 0.107. The van der Waals surface area contributed by atoms with E-state index in [1.165, 1.54) is 0 Å². The van der Waals surface area contributed by atoms with Crippen LogP contribution in [0.5, 0.6) is 5.75 Å². The average molecular weight is 254 g/mol. The summed E-state index contributed by atoms with van der Waals surface area (Å²) in [5, 5.41) is 0. The molecule has 0 aliphatic rings. The van der Waals surface area contributed by atoms with Crippen LogP contribution in [0.25, 0.3) is 11.1 Å². The molecule has 0 N–H and O–H groups in total. The quantitative estimate of drug-likeness (QED) is 0.762. The molecule has 2 rings (SSSR count). The van der Waals surface area contributed by atoms with E-state index in [0.717, 1.165) is 28.0 Å². The molecule has 0 heterocycles. The Morgan fingerprint density at radius 1 is 1.05 bits per heavy atom. The molecule has 0 saturated heterocycles. The van der Waals surface area contributed by atoms with E-state index in [1.807, 2.05) is 56.3 Å². The van der Waals surface area contributed by atoms with Gasteiger partial charge in [0.05, 0.1) is 6.61 Å². The molecule has 0 atom stereocenters. The Balaban J connectivity index is 2.31. The molecule has 98 valence electrons. The van der Waals surface area contributed by atoms with Gasteiger partial charge < -0.3 is 4.74 Å². The van der Waals surface area contributed by atoms with Gasteiger partial charge in [-0.15, -0.1) is 0 Å². The SMILES string of the molecule is CCOc1ccc(-c2ccc(C(C)=O)c(C)c2)cc1. The molecule has 0 unspecified atom stereocenters. The van der Waals surface area contributed by atoms with Crippen molar-refractivity contribution in [2.24, 2.45) is 0 Å². The standard InChI is InChI=1S/C17H18O2/c1-4-19-16-8-5-14(6-9-16)15-7-10-17(13(3)18)12(2)11-15/h5-11H,4H2,1-3H3. The maximum atomic E-state index is 11.4. The minimum atomic E-state index is 0.107. The van der Waals surface area contributed by atoms with Crippen molar-refractivity contribution in [1.29, 1.82) is 0 Å². The molecule has 19 heavy (non-hydrogen) atoms. The van der Waals surface area contributed by atoms with Gasteiger partial charge >= 0.3 is 0 Å². The molecule has 0 aromatic heterocycles. The Labute approximate surface area is 114 Å². The summed E-state index contributed by atoms with van der Waals surface area (Å²) in [6.45, 7) is 6.21.